The van der Waals surface area contributed by atoms with Crippen molar-refractivity contribution >= 4 is 16.4 Å². The first-order valence-corrected chi connectivity index (χ1v) is 8.99. The molecule has 0 saturated carbocycles. The molecule has 0 amide bonds. The van der Waals surface area contributed by atoms with Gasteiger partial charge >= 0.3 is 0 Å². The van der Waals surface area contributed by atoms with Crippen LogP contribution in [-0.4, -0.2) is 11.6 Å². The van der Waals surface area contributed by atoms with E-state index < -0.39 is 10.5 Å². The first-order valence-electron chi connectivity index (χ1n) is 7.42. The lowest BCUT2D eigenvalue weighted by atomic mass is 10.0. The second-order valence-corrected chi connectivity index (χ2v) is 6.68. The molecule has 1 nitrogen and oxygen atoms in total. The number of aryl methyl sites for hydroxylation is 2. The molecule has 0 aliphatic rings. The van der Waals surface area contributed by atoms with Crippen molar-refractivity contribution in [1.82, 2.24) is 0 Å². The molecule has 2 aromatic carbocycles. The fourth-order valence-corrected chi connectivity index (χ4v) is 2.75. The molecule has 0 N–H and O–H groups in total. The number of benzene rings is 2. The Hall–Kier alpha value is -2.36. The molecule has 0 aromatic heterocycles. The molecule has 0 heterocycles. The molecular weight excluding hydrogens is 305 g/mol. The van der Waals surface area contributed by atoms with Crippen molar-refractivity contribution in [3.05, 3.63) is 70.5 Å². The van der Waals surface area contributed by atoms with Gasteiger partial charge in [0.1, 0.15) is 11.2 Å². The van der Waals surface area contributed by atoms with Gasteiger partial charge in [0, 0.05) is 16.9 Å². The Morgan fingerprint density at radius 3 is 2.61 bits per heavy atom. The largest absolute Gasteiger partial charge is 0.207 e. The lowest BCUT2D eigenvalue weighted by Crippen LogP contribution is -1.94. The number of halogens is 1. The van der Waals surface area contributed by atoms with Crippen LogP contribution in [0.5, 0.6) is 0 Å². The predicted molar refractivity (Wildman–Crippen MR) is 97.1 cm³/mol. The van der Waals surface area contributed by atoms with Crippen molar-refractivity contribution in [1.29, 1.82) is 5.26 Å². The number of hydrogen-bond donors (Lipinski definition) is 0. The quantitative estimate of drug-likeness (QED) is 0.461. The molecule has 2 aromatic rings. The molecule has 116 valence electrons. The van der Waals surface area contributed by atoms with Crippen molar-refractivity contribution in [3.8, 4) is 17.2 Å². The summed E-state index contributed by atoms with van der Waals surface area (Å²) < 4.78 is 14.1. The van der Waals surface area contributed by atoms with E-state index in [1.54, 1.807) is 6.07 Å². The molecule has 1 unspecified atom stereocenters. The van der Waals surface area contributed by atoms with Gasteiger partial charge in [-0.1, -0.05) is 59.4 Å². The highest BCUT2D eigenvalue weighted by molar-refractivity contribution is 8.18. The van der Waals surface area contributed by atoms with Gasteiger partial charge in [-0.05, 0) is 42.2 Å². The minimum Gasteiger partial charge on any atom is -0.207 e. The number of hydrogen-bond acceptors (Lipinski definition) is 1. The molecule has 0 saturated heterocycles. The van der Waals surface area contributed by atoms with Gasteiger partial charge in [-0.3, -0.25) is 0 Å². The van der Waals surface area contributed by atoms with Gasteiger partial charge < -0.3 is 0 Å². The van der Waals surface area contributed by atoms with Crippen LogP contribution in [0, 0.1) is 28.3 Å². The number of nitriles is 1. The Kier molecular flexibility index (Phi) is 6.15. The third-order valence-electron chi connectivity index (χ3n) is 3.54. The van der Waals surface area contributed by atoms with E-state index in [9.17, 15) is 4.39 Å². The maximum absolute atomic E-state index is 14.1. The van der Waals surface area contributed by atoms with E-state index >= 15 is 0 Å². The molecule has 3 heteroatoms. The summed E-state index contributed by atoms with van der Waals surface area (Å²) in [6.45, 7) is 2.09. The average Bonchev–Trinajstić information content (AvgIpc) is 2.59. The van der Waals surface area contributed by atoms with Gasteiger partial charge in [0.05, 0.1) is 0 Å². The number of thiocyanates is 1. The monoisotopic (exact) mass is 323 g/mol. The maximum atomic E-state index is 14.1. The third-order valence-corrected chi connectivity index (χ3v) is 4.49. The highest BCUT2D eigenvalue weighted by atomic mass is 32.2. The summed E-state index contributed by atoms with van der Waals surface area (Å²) >= 11 is 0. The van der Waals surface area contributed by atoms with Gasteiger partial charge in [-0.2, -0.15) is 5.26 Å². The molecule has 0 fully saturated rings. The summed E-state index contributed by atoms with van der Waals surface area (Å²) in [6, 6.07) is 13.0. The van der Waals surface area contributed by atoms with Crippen LogP contribution in [0.4, 0.5) is 4.39 Å². The summed E-state index contributed by atoms with van der Waals surface area (Å²) in [5, 5.41) is 10.8. The van der Waals surface area contributed by atoms with Gasteiger partial charge in [-0.25, -0.2) is 4.39 Å². The normalized spacial score (nSPS) is 11.2. The van der Waals surface area contributed by atoms with Crippen molar-refractivity contribution in [2.45, 2.75) is 19.8 Å². The highest BCUT2D eigenvalue weighted by Crippen LogP contribution is 2.15. The maximum Gasteiger partial charge on any atom is 0.127 e. The van der Waals surface area contributed by atoms with Crippen molar-refractivity contribution < 1.29 is 4.39 Å². The van der Waals surface area contributed by atoms with E-state index in [0.717, 1.165) is 12.0 Å². The zero-order valence-corrected chi connectivity index (χ0v) is 13.9. The van der Waals surface area contributed by atoms with Gasteiger partial charge in [0.2, 0.25) is 0 Å². The fraction of sp³-hybridized carbons (Fsp3) is 0.200. The first-order chi connectivity index (χ1) is 11.1. The number of rotatable bonds is 4. The Bertz CT molecular complexity index is 822. The van der Waals surface area contributed by atoms with Gasteiger partial charge in [0.15, 0.2) is 0 Å². The van der Waals surface area contributed by atoms with Crippen molar-refractivity contribution in [3.63, 3.8) is 0 Å². The average molecular weight is 323 g/mol. The Morgan fingerprint density at radius 2 is 1.91 bits per heavy atom. The Balaban J connectivity index is 2.17. The fourth-order valence-electron chi connectivity index (χ4n) is 2.20. The Morgan fingerprint density at radius 1 is 1.13 bits per heavy atom. The van der Waals surface area contributed by atoms with Crippen LogP contribution in [0.15, 0.2) is 42.5 Å². The first kappa shape index (κ1) is 17.0. The smallest absolute Gasteiger partial charge is 0.127 e. The lowest BCUT2D eigenvalue weighted by molar-refractivity contribution is 0.612. The summed E-state index contributed by atoms with van der Waals surface area (Å²) in [5.74, 6) is 10.2. The standard InChI is InChI=1S/C20H18FNS/c1-3-17-6-4-5-7-18(17)10-8-16-9-11-19(20(21)14-16)12-13-23(2)15-22/h4-7,9,11,14H,2-3,12-13H2,1H3. The van der Waals surface area contributed by atoms with Crippen LogP contribution >= 0.6 is 10.5 Å². The van der Waals surface area contributed by atoms with Crippen LogP contribution in [0.1, 0.15) is 29.2 Å². The van der Waals surface area contributed by atoms with Gasteiger partial charge in [-0.15, -0.1) is 0 Å². The predicted octanol–water partition coefficient (Wildman–Crippen LogP) is 4.51. The van der Waals surface area contributed by atoms with E-state index in [1.165, 1.54) is 11.6 Å². The van der Waals surface area contributed by atoms with Crippen LogP contribution in [0.3, 0.4) is 0 Å². The van der Waals surface area contributed by atoms with Crippen LogP contribution in [-0.2, 0) is 12.8 Å². The van der Waals surface area contributed by atoms with E-state index in [-0.39, 0.29) is 5.82 Å². The summed E-state index contributed by atoms with van der Waals surface area (Å²) in [7, 11) is -0.562. The molecular formula is C20H18FNS. The SMILES string of the molecule is C=S(C#N)CCc1ccc(C#Cc2ccccc2CC)cc1F. The molecule has 23 heavy (non-hydrogen) atoms. The molecule has 0 aliphatic heterocycles. The molecule has 0 radical (unpaired) electrons. The summed E-state index contributed by atoms with van der Waals surface area (Å²) in [5.41, 5.74) is 3.44. The summed E-state index contributed by atoms with van der Waals surface area (Å²) in [6.07, 6.45) is 1.45. The Labute approximate surface area is 139 Å². The van der Waals surface area contributed by atoms with E-state index in [2.05, 4.69) is 36.1 Å². The molecule has 0 bridgehead atoms. The second kappa shape index (κ2) is 8.32. The topological polar surface area (TPSA) is 23.8 Å². The van der Waals surface area contributed by atoms with Crippen LogP contribution in [0.25, 0.3) is 0 Å². The highest BCUT2D eigenvalue weighted by Gasteiger charge is 2.03. The third kappa shape index (κ3) is 4.81. The van der Waals surface area contributed by atoms with E-state index in [0.29, 0.717) is 23.3 Å². The van der Waals surface area contributed by atoms with E-state index in [4.69, 9.17) is 5.26 Å². The van der Waals surface area contributed by atoms with Crippen molar-refractivity contribution in [2.24, 2.45) is 0 Å². The minimum absolute atomic E-state index is 0.268. The van der Waals surface area contributed by atoms with Crippen LogP contribution < -0.4 is 0 Å². The molecule has 0 aliphatic carbocycles. The van der Waals surface area contributed by atoms with Crippen molar-refractivity contribution in [2.75, 3.05) is 5.75 Å². The minimum atomic E-state index is -0.562. The van der Waals surface area contributed by atoms with E-state index in [1.807, 2.05) is 24.3 Å². The zero-order chi connectivity index (χ0) is 16.7. The molecule has 2 rings (SSSR count). The lowest BCUT2D eigenvalue weighted by Gasteiger charge is -2.03. The molecule has 1 atom stereocenters. The second-order valence-electron chi connectivity index (χ2n) is 5.11. The zero-order valence-electron chi connectivity index (χ0n) is 13.1. The molecule has 0 spiro atoms. The van der Waals surface area contributed by atoms with Gasteiger partial charge in [0.25, 0.3) is 0 Å². The number of nitrogens with zero attached hydrogens (tertiary/aromatic N) is 1. The van der Waals surface area contributed by atoms with Crippen LogP contribution in [0.2, 0.25) is 0 Å². The summed E-state index contributed by atoms with van der Waals surface area (Å²) in [4.78, 5) is 0.